The van der Waals surface area contributed by atoms with Crippen molar-refractivity contribution in [2.45, 2.75) is 31.6 Å². The Labute approximate surface area is 118 Å². The van der Waals surface area contributed by atoms with Gasteiger partial charge in [-0.2, -0.15) is 9.97 Å². The number of aromatic nitrogens is 2. The van der Waals surface area contributed by atoms with E-state index in [9.17, 15) is 4.79 Å². The standard InChI is InChI=1S/C14H20N2O4/c1-18-11-8-12(19-2)16-13(15-11)9-6-4-5-7-10(9)14(17)20-3/h8-10H,4-7H2,1-3H3/t9-,10-/m0/s1. The summed E-state index contributed by atoms with van der Waals surface area (Å²) >= 11 is 0. The maximum absolute atomic E-state index is 11.9. The highest BCUT2D eigenvalue weighted by Gasteiger charge is 2.35. The van der Waals surface area contributed by atoms with Gasteiger partial charge in [-0.05, 0) is 12.8 Å². The molecule has 6 heteroatoms. The summed E-state index contributed by atoms with van der Waals surface area (Å²) in [5.41, 5.74) is 0. The smallest absolute Gasteiger partial charge is 0.309 e. The summed E-state index contributed by atoms with van der Waals surface area (Å²) < 4.78 is 15.2. The van der Waals surface area contributed by atoms with E-state index in [4.69, 9.17) is 14.2 Å². The number of esters is 1. The van der Waals surface area contributed by atoms with Gasteiger partial charge in [-0.15, -0.1) is 0 Å². The van der Waals surface area contributed by atoms with Crippen molar-refractivity contribution in [3.05, 3.63) is 11.9 Å². The Balaban J connectivity index is 2.33. The lowest BCUT2D eigenvalue weighted by molar-refractivity contribution is -0.147. The largest absolute Gasteiger partial charge is 0.481 e. The lowest BCUT2D eigenvalue weighted by Crippen LogP contribution is -2.28. The van der Waals surface area contributed by atoms with Gasteiger partial charge in [0.2, 0.25) is 11.8 Å². The first-order chi connectivity index (χ1) is 9.69. The Morgan fingerprint density at radius 2 is 1.70 bits per heavy atom. The summed E-state index contributed by atoms with van der Waals surface area (Å²) in [6.07, 6.45) is 3.76. The van der Waals surface area contributed by atoms with Crippen LogP contribution < -0.4 is 9.47 Å². The van der Waals surface area contributed by atoms with Gasteiger partial charge in [0, 0.05) is 5.92 Å². The molecule has 0 bridgehead atoms. The predicted octanol–water partition coefficient (Wildman–Crippen LogP) is 1.94. The van der Waals surface area contributed by atoms with Crippen LogP contribution >= 0.6 is 0 Å². The summed E-state index contributed by atoms with van der Waals surface area (Å²) in [6.45, 7) is 0. The molecule has 0 radical (unpaired) electrons. The minimum atomic E-state index is -0.194. The first-order valence-corrected chi connectivity index (χ1v) is 6.74. The monoisotopic (exact) mass is 280 g/mol. The van der Waals surface area contributed by atoms with Gasteiger partial charge >= 0.3 is 5.97 Å². The SMILES string of the molecule is COC(=O)[C@H]1CCCC[C@@H]1c1nc(OC)cc(OC)n1. The Hall–Kier alpha value is -1.85. The van der Waals surface area contributed by atoms with E-state index in [-0.39, 0.29) is 17.8 Å². The molecule has 0 aromatic carbocycles. The van der Waals surface area contributed by atoms with Crippen molar-refractivity contribution in [3.63, 3.8) is 0 Å². The number of ether oxygens (including phenoxy) is 3. The molecule has 2 rings (SSSR count). The quantitative estimate of drug-likeness (QED) is 0.785. The number of nitrogens with zero attached hydrogens (tertiary/aromatic N) is 2. The summed E-state index contributed by atoms with van der Waals surface area (Å²) in [6, 6.07) is 1.62. The van der Waals surface area contributed by atoms with Gasteiger partial charge in [0.05, 0.1) is 33.3 Å². The molecule has 0 spiro atoms. The predicted molar refractivity (Wildman–Crippen MR) is 71.9 cm³/mol. The number of methoxy groups -OCH3 is 3. The fourth-order valence-electron chi connectivity index (χ4n) is 2.67. The summed E-state index contributed by atoms with van der Waals surface area (Å²) in [7, 11) is 4.51. The van der Waals surface area contributed by atoms with Gasteiger partial charge in [-0.3, -0.25) is 4.79 Å². The van der Waals surface area contributed by atoms with E-state index in [0.29, 0.717) is 17.6 Å². The molecule has 1 fully saturated rings. The van der Waals surface area contributed by atoms with Gasteiger partial charge < -0.3 is 14.2 Å². The number of hydrogen-bond acceptors (Lipinski definition) is 6. The number of carbonyl (C=O) groups is 1. The first kappa shape index (κ1) is 14.6. The van der Waals surface area contributed by atoms with Crippen molar-refractivity contribution in [2.24, 2.45) is 5.92 Å². The highest BCUT2D eigenvalue weighted by atomic mass is 16.5. The van der Waals surface area contributed by atoms with Crippen LogP contribution in [0.15, 0.2) is 6.07 Å². The van der Waals surface area contributed by atoms with Crippen LogP contribution in [0.2, 0.25) is 0 Å². The number of hydrogen-bond donors (Lipinski definition) is 0. The number of carbonyl (C=O) groups excluding carboxylic acids is 1. The van der Waals surface area contributed by atoms with Crippen LogP contribution in [0.3, 0.4) is 0 Å². The van der Waals surface area contributed by atoms with E-state index in [0.717, 1.165) is 25.7 Å². The molecule has 1 aliphatic rings. The molecule has 1 aromatic heterocycles. The van der Waals surface area contributed by atoms with E-state index in [1.165, 1.54) is 7.11 Å². The third-order valence-electron chi connectivity index (χ3n) is 3.72. The molecule has 110 valence electrons. The van der Waals surface area contributed by atoms with Crippen molar-refractivity contribution < 1.29 is 19.0 Å². The zero-order valence-corrected chi connectivity index (χ0v) is 12.1. The molecular weight excluding hydrogens is 260 g/mol. The van der Waals surface area contributed by atoms with Crippen molar-refractivity contribution in [1.82, 2.24) is 9.97 Å². The Morgan fingerprint density at radius 1 is 1.10 bits per heavy atom. The number of rotatable bonds is 4. The van der Waals surface area contributed by atoms with Crippen LogP contribution in [0.25, 0.3) is 0 Å². The molecule has 0 unspecified atom stereocenters. The summed E-state index contributed by atoms with van der Waals surface area (Å²) in [5, 5.41) is 0. The Bertz CT molecular complexity index is 456. The van der Waals surface area contributed by atoms with Crippen LogP contribution in [-0.2, 0) is 9.53 Å². The van der Waals surface area contributed by atoms with Crippen LogP contribution in [0, 0.1) is 5.92 Å². The zero-order chi connectivity index (χ0) is 14.5. The van der Waals surface area contributed by atoms with E-state index < -0.39 is 0 Å². The second-order valence-corrected chi connectivity index (χ2v) is 4.83. The first-order valence-electron chi connectivity index (χ1n) is 6.74. The summed E-state index contributed by atoms with van der Waals surface area (Å²) in [4.78, 5) is 20.7. The van der Waals surface area contributed by atoms with E-state index in [1.807, 2.05) is 0 Å². The van der Waals surface area contributed by atoms with Crippen molar-refractivity contribution in [2.75, 3.05) is 21.3 Å². The maximum Gasteiger partial charge on any atom is 0.309 e. The summed E-state index contributed by atoms with van der Waals surface area (Å²) in [5.74, 6) is 1.06. The molecule has 6 nitrogen and oxygen atoms in total. The molecule has 0 amide bonds. The second-order valence-electron chi connectivity index (χ2n) is 4.83. The Kier molecular flexibility index (Phi) is 4.76. The molecule has 0 aliphatic heterocycles. The molecule has 1 saturated carbocycles. The lowest BCUT2D eigenvalue weighted by Gasteiger charge is -2.28. The van der Waals surface area contributed by atoms with Gasteiger partial charge in [0.25, 0.3) is 0 Å². The molecule has 1 aromatic rings. The van der Waals surface area contributed by atoms with E-state index in [2.05, 4.69) is 9.97 Å². The van der Waals surface area contributed by atoms with Gasteiger partial charge in [-0.1, -0.05) is 12.8 Å². The highest BCUT2D eigenvalue weighted by molar-refractivity contribution is 5.73. The Morgan fingerprint density at radius 3 is 2.25 bits per heavy atom. The minimum Gasteiger partial charge on any atom is -0.481 e. The molecule has 20 heavy (non-hydrogen) atoms. The normalized spacial score (nSPS) is 22.1. The zero-order valence-electron chi connectivity index (χ0n) is 12.1. The van der Waals surface area contributed by atoms with Gasteiger partial charge in [0.15, 0.2) is 0 Å². The average molecular weight is 280 g/mol. The van der Waals surface area contributed by atoms with Gasteiger partial charge in [0.1, 0.15) is 5.82 Å². The highest BCUT2D eigenvalue weighted by Crippen LogP contribution is 2.38. The molecule has 1 heterocycles. The van der Waals surface area contributed by atoms with Crippen LogP contribution in [0.5, 0.6) is 11.8 Å². The molecular formula is C14H20N2O4. The third-order valence-corrected chi connectivity index (χ3v) is 3.72. The minimum absolute atomic E-state index is 0.0415. The van der Waals surface area contributed by atoms with Crippen molar-refractivity contribution >= 4 is 5.97 Å². The van der Waals surface area contributed by atoms with E-state index in [1.54, 1.807) is 20.3 Å². The molecule has 1 aliphatic carbocycles. The molecule has 0 saturated heterocycles. The van der Waals surface area contributed by atoms with Crippen LogP contribution in [0.1, 0.15) is 37.4 Å². The van der Waals surface area contributed by atoms with Crippen LogP contribution in [0.4, 0.5) is 0 Å². The molecule has 0 N–H and O–H groups in total. The lowest BCUT2D eigenvalue weighted by atomic mass is 9.78. The van der Waals surface area contributed by atoms with E-state index >= 15 is 0 Å². The fourth-order valence-corrected chi connectivity index (χ4v) is 2.67. The second kappa shape index (κ2) is 6.54. The average Bonchev–Trinajstić information content (AvgIpc) is 2.53. The fraction of sp³-hybridized carbons (Fsp3) is 0.643. The molecule has 2 atom stereocenters. The van der Waals surface area contributed by atoms with Crippen molar-refractivity contribution in [1.29, 1.82) is 0 Å². The van der Waals surface area contributed by atoms with Crippen LogP contribution in [-0.4, -0.2) is 37.3 Å². The van der Waals surface area contributed by atoms with Gasteiger partial charge in [-0.25, -0.2) is 0 Å². The van der Waals surface area contributed by atoms with Crippen molar-refractivity contribution in [3.8, 4) is 11.8 Å². The topological polar surface area (TPSA) is 70.5 Å². The maximum atomic E-state index is 11.9. The third kappa shape index (κ3) is 3.00.